The van der Waals surface area contributed by atoms with Crippen molar-refractivity contribution in [3.05, 3.63) is 18.2 Å². The average molecular weight is 222 g/mol. The summed E-state index contributed by atoms with van der Waals surface area (Å²) in [6, 6.07) is 0.0939. The van der Waals surface area contributed by atoms with E-state index in [9.17, 15) is 4.79 Å². The summed E-state index contributed by atoms with van der Waals surface area (Å²) < 4.78 is 1.78. The third-order valence-electron chi connectivity index (χ3n) is 2.90. The summed E-state index contributed by atoms with van der Waals surface area (Å²) in [5.41, 5.74) is 6.42. The zero-order valence-corrected chi connectivity index (χ0v) is 9.76. The highest BCUT2D eigenvalue weighted by molar-refractivity contribution is 5.92. The minimum absolute atomic E-state index is 0.0115. The fourth-order valence-electron chi connectivity index (χ4n) is 2.25. The second-order valence-corrected chi connectivity index (χ2v) is 4.74. The quantitative estimate of drug-likeness (QED) is 0.739. The van der Waals surface area contributed by atoms with Crippen LogP contribution < -0.4 is 5.73 Å². The fourth-order valence-corrected chi connectivity index (χ4v) is 2.25. The first-order valence-electron chi connectivity index (χ1n) is 5.59. The van der Waals surface area contributed by atoms with Gasteiger partial charge >= 0.3 is 0 Å². The molecule has 1 amide bonds. The standard InChI is InChI=1S/C11H18N4O/c1-8-3-9(12)5-15(4-8)11(16)10-6-14(2)7-13-10/h6-9H,3-5,12H2,1-2H3. The van der Waals surface area contributed by atoms with Crippen LogP contribution in [0.2, 0.25) is 0 Å². The summed E-state index contributed by atoms with van der Waals surface area (Å²) in [6.07, 6.45) is 4.37. The Morgan fingerprint density at radius 2 is 2.31 bits per heavy atom. The van der Waals surface area contributed by atoms with Crippen LogP contribution in [0, 0.1) is 5.92 Å². The first-order valence-corrected chi connectivity index (χ1v) is 5.59. The number of imidazole rings is 1. The molecule has 88 valence electrons. The largest absolute Gasteiger partial charge is 0.340 e. The summed E-state index contributed by atoms with van der Waals surface area (Å²) in [5.74, 6) is 0.457. The van der Waals surface area contributed by atoms with Crippen LogP contribution in [0.5, 0.6) is 0 Å². The minimum atomic E-state index is -0.0115. The van der Waals surface area contributed by atoms with Gasteiger partial charge in [0.1, 0.15) is 5.69 Å². The number of hydrogen-bond acceptors (Lipinski definition) is 3. The lowest BCUT2D eigenvalue weighted by Gasteiger charge is -2.34. The molecule has 0 aliphatic carbocycles. The SMILES string of the molecule is CC1CC(N)CN(C(=O)c2cn(C)cn2)C1. The number of aryl methyl sites for hydroxylation is 1. The fraction of sp³-hybridized carbons (Fsp3) is 0.636. The lowest BCUT2D eigenvalue weighted by atomic mass is 9.96. The van der Waals surface area contributed by atoms with E-state index in [0.29, 0.717) is 18.2 Å². The van der Waals surface area contributed by atoms with Crippen molar-refractivity contribution in [3.63, 3.8) is 0 Å². The summed E-state index contributed by atoms with van der Waals surface area (Å²) in [6.45, 7) is 3.54. The first kappa shape index (κ1) is 11.1. The molecule has 0 bridgehead atoms. The molecule has 0 radical (unpaired) electrons. The highest BCUT2D eigenvalue weighted by Gasteiger charge is 2.27. The highest BCUT2D eigenvalue weighted by Crippen LogP contribution is 2.16. The molecule has 2 N–H and O–H groups in total. The highest BCUT2D eigenvalue weighted by atomic mass is 16.2. The van der Waals surface area contributed by atoms with Crippen LogP contribution in [0.15, 0.2) is 12.5 Å². The number of nitrogens with two attached hydrogens (primary N) is 1. The predicted octanol–water partition coefficient (Wildman–Crippen LogP) is 0.229. The van der Waals surface area contributed by atoms with Gasteiger partial charge in [0.2, 0.25) is 0 Å². The number of rotatable bonds is 1. The van der Waals surface area contributed by atoms with Crippen LogP contribution in [0.25, 0.3) is 0 Å². The van der Waals surface area contributed by atoms with Gasteiger partial charge in [0.05, 0.1) is 6.33 Å². The molecule has 5 heteroatoms. The van der Waals surface area contributed by atoms with Gasteiger partial charge in [-0.05, 0) is 12.3 Å². The topological polar surface area (TPSA) is 64.2 Å². The molecule has 16 heavy (non-hydrogen) atoms. The van der Waals surface area contributed by atoms with Crippen LogP contribution in [0.1, 0.15) is 23.8 Å². The van der Waals surface area contributed by atoms with Crippen LogP contribution >= 0.6 is 0 Å². The van der Waals surface area contributed by atoms with E-state index in [1.54, 1.807) is 22.0 Å². The molecule has 2 unspecified atom stereocenters. The third kappa shape index (κ3) is 2.24. The van der Waals surface area contributed by atoms with Crippen molar-refractivity contribution in [1.29, 1.82) is 0 Å². The van der Waals surface area contributed by atoms with Crippen molar-refractivity contribution < 1.29 is 4.79 Å². The maximum Gasteiger partial charge on any atom is 0.274 e. The second kappa shape index (κ2) is 4.25. The molecule has 1 fully saturated rings. The van der Waals surface area contributed by atoms with Gasteiger partial charge in [0, 0.05) is 32.4 Å². The van der Waals surface area contributed by atoms with Crippen LogP contribution in [0.3, 0.4) is 0 Å². The Balaban J connectivity index is 2.09. The molecule has 5 nitrogen and oxygen atoms in total. The van der Waals surface area contributed by atoms with Gasteiger partial charge in [0.25, 0.3) is 5.91 Å². The molecule has 0 saturated carbocycles. The van der Waals surface area contributed by atoms with Gasteiger partial charge < -0.3 is 15.2 Å². The van der Waals surface area contributed by atoms with E-state index in [0.717, 1.165) is 13.0 Å². The van der Waals surface area contributed by atoms with E-state index in [4.69, 9.17) is 5.73 Å². The second-order valence-electron chi connectivity index (χ2n) is 4.74. The molecule has 2 heterocycles. The van der Waals surface area contributed by atoms with E-state index in [1.807, 2.05) is 7.05 Å². The zero-order chi connectivity index (χ0) is 11.7. The maximum atomic E-state index is 12.1. The monoisotopic (exact) mass is 222 g/mol. The summed E-state index contributed by atoms with van der Waals surface area (Å²) >= 11 is 0. The van der Waals surface area contributed by atoms with Gasteiger partial charge in [-0.25, -0.2) is 4.98 Å². The molecule has 1 aromatic heterocycles. The van der Waals surface area contributed by atoms with Crippen molar-refractivity contribution in [3.8, 4) is 0 Å². The number of nitrogens with zero attached hydrogens (tertiary/aromatic N) is 3. The number of piperidine rings is 1. The molecule has 2 atom stereocenters. The molecule has 0 aromatic carbocycles. The van der Waals surface area contributed by atoms with Gasteiger partial charge in [-0.2, -0.15) is 0 Å². The molecule has 1 saturated heterocycles. The summed E-state index contributed by atoms with van der Waals surface area (Å²) in [4.78, 5) is 18.0. The molecule has 1 aliphatic heterocycles. The van der Waals surface area contributed by atoms with E-state index in [2.05, 4.69) is 11.9 Å². The lowest BCUT2D eigenvalue weighted by molar-refractivity contribution is 0.0655. The van der Waals surface area contributed by atoms with E-state index in [1.165, 1.54) is 0 Å². The van der Waals surface area contributed by atoms with E-state index < -0.39 is 0 Å². The zero-order valence-electron chi connectivity index (χ0n) is 9.76. The average Bonchev–Trinajstić information content (AvgIpc) is 2.62. The van der Waals surface area contributed by atoms with Gasteiger partial charge in [-0.15, -0.1) is 0 Å². The molecular weight excluding hydrogens is 204 g/mol. The number of likely N-dealkylation sites (tertiary alicyclic amines) is 1. The van der Waals surface area contributed by atoms with E-state index in [-0.39, 0.29) is 11.9 Å². The van der Waals surface area contributed by atoms with Gasteiger partial charge in [-0.1, -0.05) is 6.92 Å². The normalized spacial score (nSPS) is 25.8. The van der Waals surface area contributed by atoms with Crippen molar-refractivity contribution in [2.24, 2.45) is 18.7 Å². The van der Waals surface area contributed by atoms with Gasteiger partial charge in [-0.3, -0.25) is 4.79 Å². The number of carbonyl (C=O) groups is 1. The molecule has 0 spiro atoms. The van der Waals surface area contributed by atoms with Crippen molar-refractivity contribution in [2.45, 2.75) is 19.4 Å². The number of carbonyl (C=O) groups excluding carboxylic acids is 1. The molecular formula is C11H18N4O. The number of amides is 1. The molecule has 2 rings (SSSR count). The van der Waals surface area contributed by atoms with Crippen LogP contribution in [0.4, 0.5) is 0 Å². The van der Waals surface area contributed by atoms with Gasteiger partial charge in [0.15, 0.2) is 0 Å². The lowest BCUT2D eigenvalue weighted by Crippen LogP contribution is -2.48. The van der Waals surface area contributed by atoms with Crippen molar-refractivity contribution in [1.82, 2.24) is 14.5 Å². The Morgan fingerprint density at radius 3 is 2.88 bits per heavy atom. The van der Waals surface area contributed by atoms with Crippen LogP contribution in [-0.4, -0.2) is 39.5 Å². The first-order chi connectivity index (χ1) is 7.56. The molecule has 1 aliphatic rings. The van der Waals surface area contributed by atoms with Crippen LogP contribution in [-0.2, 0) is 7.05 Å². The Bertz CT molecular complexity index is 377. The summed E-state index contributed by atoms with van der Waals surface area (Å²) in [5, 5.41) is 0. The number of hydrogen-bond donors (Lipinski definition) is 1. The molecule has 1 aromatic rings. The third-order valence-corrected chi connectivity index (χ3v) is 2.90. The Labute approximate surface area is 95.2 Å². The van der Waals surface area contributed by atoms with Crippen molar-refractivity contribution >= 4 is 5.91 Å². The predicted molar refractivity (Wildman–Crippen MR) is 60.9 cm³/mol. The Kier molecular flexibility index (Phi) is 2.96. The van der Waals surface area contributed by atoms with Crippen molar-refractivity contribution in [2.75, 3.05) is 13.1 Å². The number of aromatic nitrogens is 2. The Morgan fingerprint density at radius 1 is 1.56 bits per heavy atom. The Hall–Kier alpha value is -1.36. The smallest absolute Gasteiger partial charge is 0.274 e. The van der Waals surface area contributed by atoms with E-state index >= 15 is 0 Å². The minimum Gasteiger partial charge on any atom is -0.340 e. The maximum absolute atomic E-state index is 12.1. The summed E-state index contributed by atoms with van der Waals surface area (Å²) in [7, 11) is 1.86.